The maximum Gasteiger partial charge on any atom is 0.509 e. The number of amides is 1. The Morgan fingerprint density at radius 2 is 1.43 bits per heavy atom. The molecule has 9 nitrogen and oxygen atoms in total. The van der Waals surface area contributed by atoms with Crippen LogP contribution in [0.1, 0.15) is 52.7 Å². The summed E-state index contributed by atoms with van der Waals surface area (Å²) in [6.45, 7) is 10.2. The Hall–Kier alpha value is -3.82. The lowest BCUT2D eigenvalue weighted by Crippen LogP contribution is -2.45. The summed E-state index contributed by atoms with van der Waals surface area (Å²) in [6.07, 6.45) is -3.52. The zero-order valence-electron chi connectivity index (χ0n) is 24.1. The molecule has 1 heterocycles. The molecule has 40 heavy (non-hydrogen) atoms. The van der Waals surface area contributed by atoms with E-state index in [1.807, 2.05) is 12.1 Å². The van der Waals surface area contributed by atoms with Crippen molar-refractivity contribution in [2.45, 2.75) is 83.8 Å². The summed E-state index contributed by atoms with van der Waals surface area (Å²) in [7, 11) is 1.56. The van der Waals surface area contributed by atoms with Gasteiger partial charge in [-0.2, -0.15) is 0 Å². The minimum Gasteiger partial charge on any atom is -0.497 e. The molecule has 0 spiro atoms. The Balaban J connectivity index is 1.93. The van der Waals surface area contributed by atoms with Gasteiger partial charge in [0.2, 0.25) is 0 Å². The summed E-state index contributed by atoms with van der Waals surface area (Å²) in [6, 6.07) is 12.0. The lowest BCUT2D eigenvalue weighted by atomic mass is 10.0. The predicted molar refractivity (Wildman–Crippen MR) is 145 cm³/mol. The van der Waals surface area contributed by atoms with Crippen LogP contribution in [0.2, 0.25) is 0 Å². The molecule has 0 N–H and O–H groups in total. The number of halogens is 1. The van der Waals surface area contributed by atoms with Gasteiger partial charge in [-0.1, -0.05) is 24.3 Å². The molecule has 3 atom stereocenters. The van der Waals surface area contributed by atoms with Crippen molar-refractivity contribution in [1.29, 1.82) is 0 Å². The minimum absolute atomic E-state index is 0.0799. The number of ether oxygens (including phenoxy) is 5. The van der Waals surface area contributed by atoms with Gasteiger partial charge >= 0.3 is 18.2 Å². The van der Waals surface area contributed by atoms with Crippen molar-refractivity contribution in [3.63, 3.8) is 0 Å². The number of methoxy groups -OCH3 is 1. The van der Waals surface area contributed by atoms with Crippen LogP contribution in [0.15, 0.2) is 48.5 Å². The Labute approximate surface area is 234 Å². The highest BCUT2D eigenvalue weighted by atomic mass is 19.1. The van der Waals surface area contributed by atoms with Gasteiger partial charge < -0.3 is 23.7 Å². The van der Waals surface area contributed by atoms with Crippen molar-refractivity contribution >= 4 is 18.2 Å². The molecule has 0 radical (unpaired) electrons. The predicted octanol–water partition coefficient (Wildman–Crippen LogP) is 5.47. The number of carbonyl (C=O) groups is 3. The van der Waals surface area contributed by atoms with E-state index in [0.29, 0.717) is 11.3 Å². The molecule has 3 rings (SSSR count). The van der Waals surface area contributed by atoms with Crippen LogP contribution in [0.5, 0.6) is 5.75 Å². The molecule has 0 aromatic heterocycles. The van der Waals surface area contributed by atoms with Gasteiger partial charge in [-0.15, -0.1) is 0 Å². The third-order valence-corrected chi connectivity index (χ3v) is 5.92. The molecule has 0 saturated carbocycles. The number of hydrogen-bond acceptors (Lipinski definition) is 8. The van der Waals surface area contributed by atoms with E-state index >= 15 is 0 Å². The van der Waals surface area contributed by atoms with Gasteiger partial charge in [0.15, 0.2) is 12.2 Å². The van der Waals surface area contributed by atoms with Crippen LogP contribution in [0, 0.1) is 5.82 Å². The number of benzene rings is 2. The summed E-state index contributed by atoms with van der Waals surface area (Å²) >= 11 is 0. The number of nitrogens with zero attached hydrogens (tertiary/aromatic N) is 1. The second kappa shape index (κ2) is 12.6. The van der Waals surface area contributed by atoms with E-state index in [1.165, 1.54) is 29.2 Å². The van der Waals surface area contributed by atoms with Gasteiger partial charge in [-0.3, -0.25) is 9.69 Å². The fourth-order valence-electron chi connectivity index (χ4n) is 4.24. The fourth-order valence-corrected chi connectivity index (χ4v) is 4.24. The van der Waals surface area contributed by atoms with Crippen LogP contribution in [0.4, 0.5) is 14.0 Å². The molecule has 1 saturated heterocycles. The molecule has 1 amide bonds. The molecule has 10 heteroatoms. The molecule has 218 valence electrons. The highest BCUT2D eigenvalue weighted by Gasteiger charge is 2.50. The van der Waals surface area contributed by atoms with E-state index in [-0.39, 0.29) is 19.4 Å². The van der Waals surface area contributed by atoms with Crippen LogP contribution in [0.25, 0.3) is 0 Å². The van der Waals surface area contributed by atoms with E-state index in [4.69, 9.17) is 23.7 Å². The summed E-state index contributed by atoms with van der Waals surface area (Å²) in [5, 5.41) is 0. The molecule has 1 fully saturated rings. The first-order chi connectivity index (χ1) is 18.6. The highest BCUT2D eigenvalue weighted by Crippen LogP contribution is 2.30. The SMILES string of the molecule is COc1ccc(C[C@@H]2[C@H](OC(=O)Cc3ccc(F)cc3)[C@@H](OC(=O)OC(C)(C)C)CN2C(=O)OC(C)(C)C)cc1. The number of carbonyl (C=O) groups excluding carboxylic acids is 3. The monoisotopic (exact) mass is 559 g/mol. The summed E-state index contributed by atoms with van der Waals surface area (Å²) in [5.41, 5.74) is -0.236. The number of likely N-dealkylation sites (tertiary alicyclic amines) is 1. The second-order valence-electron chi connectivity index (χ2n) is 11.6. The average Bonchev–Trinajstić information content (AvgIpc) is 3.15. The Kier molecular flexibility index (Phi) is 9.65. The number of hydrogen-bond donors (Lipinski definition) is 0. The van der Waals surface area contributed by atoms with Crippen molar-refractivity contribution < 1.29 is 42.5 Å². The first-order valence-corrected chi connectivity index (χ1v) is 13.1. The first kappa shape index (κ1) is 30.7. The minimum atomic E-state index is -1.03. The summed E-state index contributed by atoms with van der Waals surface area (Å²) in [4.78, 5) is 40.4. The van der Waals surface area contributed by atoms with Gasteiger partial charge in [0, 0.05) is 0 Å². The van der Waals surface area contributed by atoms with Gasteiger partial charge in [0.05, 0.1) is 26.1 Å². The smallest absolute Gasteiger partial charge is 0.497 e. The van der Waals surface area contributed by atoms with Gasteiger partial charge in [-0.25, -0.2) is 14.0 Å². The summed E-state index contributed by atoms with van der Waals surface area (Å²) in [5.74, 6) is -0.390. The quantitative estimate of drug-likeness (QED) is 0.325. The van der Waals surface area contributed by atoms with E-state index in [0.717, 1.165) is 5.56 Å². The van der Waals surface area contributed by atoms with Crippen molar-refractivity contribution in [2.75, 3.05) is 13.7 Å². The highest BCUT2D eigenvalue weighted by molar-refractivity contribution is 5.74. The third kappa shape index (κ3) is 9.14. The fraction of sp³-hybridized carbons (Fsp3) is 0.500. The normalized spacial score (nSPS) is 19.1. The summed E-state index contributed by atoms with van der Waals surface area (Å²) < 4.78 is 41.1. The second-order valence-corrected chi connectivity index (χ2v) is 11.6. The van der Waals surface area contributed by atoms with Crippen LogP contribution in [-0.4, -0.2) is 66.2 Å². The molecular formula is C30H38FNO8. The zero-order valence-corrected chi connectivity index (χ0v) is 24.1. The Bertz CT molecular complexity index is 1170. The maximum absolute atomic E-state index is 13.4. The number of esters is 1. The van der Waals surface area contributed by atoms with Crippen LogP contribution in [0.3, 0.4) is 0 Å². The van der Waals surface area contributed by atoms with Crippen LogP contribution < -0.4 is 4.74 Å². The van der Waals surface area contributed by atoms with E-state index in [9.17, 15) is 18.8 Å². The van der Waals surface area contributed by atoms with Crippen molar-refractivity contribution in [1.82, 2.24) is 4.90 Å². The zero-order chi connectivity index (χ0) is 29.7. The Morgan fingerprint density at radius 3 is 1.98 bits per heavy atom. The molecule has 0 unspecified atom stereocenters. The van der Waals surface area contributed by atoms with Gasteiger partial charge in [0.25, 0.3) is 0 Å². The van der Waals surface area contributed by atoms with Gasteiger partial charge in [-0.05, 0) is 83.4 Å². The topological polar surface area (TPSA) is 101 Å². The van der Waals surface area contributed by atoms with E-state index < -0.39 is 53.5 Å². The molecule has 1 aliphatic heterocycles. The molecule has 0 bridgehead atoms. The average molecular weight is 560 g/mol. The Morgan fingerprint density at radius 1 is 0.850 bits per heavy atom. The van der Waals surface area contributed by atoms with E-state index in [1.54, 1.807) is 60.8 Å². The van der Waals surface area contributed by atoms with E-state index in [2.05, 4.69) is 0 Å². The largest absolute Gasteiger partial charge is 0.509 e. The third-order valence-electron chi connectivity index (χ3n) is 5.92. The van der Waals surface area contributed by atoms with Crippen LogP contribution >= 0.6 is 0 Å². The van der Waals surface area contributed by atoms with Crippen molar-refractivity contribution in [3.05, 3.63) is 65.5 Å². The van der Waals surface area contributed by atoms with Gasteiger partial charge in [0.1, 0.15) is 22.8 Å². The molecule has 0 aliphatic carbocycles. The molecule has 1 aliphatic rings. The van der Waals surface area contributed by atoms with Crippen molar-refractivity contribution in [3.8, 4) is 5.75 Å². The molecule has 2 aromatic carbocycles. The molecular weight excluding hydrogens is 521 g/mol. The van der Waals surface area contributed by atoms with Crippen LogP contribution in [-0.2, 0) is 36.6 Å². The standard InChI is InChI=1S/C30H38FNO8/c1-29(2,3)39-27(34)32-18-24(37-28(35)40-30(4,5)6)26(23(32)16-19-10-14-22(36-7)15-11-19)38-25(33)17-20-8-12-21(31)13-9-20/h8-15,23-24,26H,16-18H2,1-7H3/t23-,24+,26+/m1/s1. The lowest BCUT2D eigenvalue weighted by molar-refractivity contribution is -0.155. The maximum atomic E-state index is 13.4. The van der Waals surface area contributed by atoms with Crippen molar-refractivity contribution in [2.24, 2.45) is 0 Å². The lowest BCUT2D eigenvalue weighted by Gasteiger charge is -2.30. The number of rotatable bonds is 7. The molecule has 2 aromatic rings. The first-order valence-electron chi connectivity index (χ1n) is 13.1.